The standard InChI is InChI=1S/C20H22N6/c1-3-7-17(8-4-1)16-25-11-13-26(14-12-25)19-15-21-24-20(23-19)22-18-9-5-2-6-10-18/h1-10,15H,11-14,16H2,(H,22,23,24). The van der Waals surface area contributed by atoms with Gasteiger partial charge in [0.25, 0.3) is 0 Å². The number of rotatable bonds is 5. The molecule has 3 aromatic rings. The smallest absolute Gasteiger partial charge is 0.249 e. The largest absolute Gasteiger partial charge is 0.353 e. The van der Waals surface area contributed by atoms with Crippen LogP contribution in [0.5, 0.6) is 0 Å². The third-order valence-electron chi connectivity index (χ3n) is 4.52. The molecule has 0 bridgehead atoms. The number of nitrogens with one attached hydrogen (secondary N) is 1. The van der Waals surface area contributed by atoms with E-state index in [1.54, 1.807) is 6.20 Å². The molecule has 1 fully saturated rings. The highest BCUT2D eigenvalue weighted by atomic mass is 15.3. The van der Waals surface area contributed by atoms with Gasteiger partial charge < -0.3 is 10.2 Å². The van der Waals surface area contributed by atoms with E-state index in [1.807, 2.05) is 30.3 Å². The summed E-state index contributed by atoms with van der Waals surface area (Å²) >= 11 is 0. The number of hydrogen-bond acceptors (Lipinski definition) is 6. The Morgan fingerprint density at radius 1 is 0.846 bits per heavy atom. The lowest BCUT2D eigenvalue weighted by Crippen LogP contribution is -2.46. The molecule has 0 saturated carbocycles. The van der Waals surface area contributed by atoms with E-state index >= 15 is 0 Å². The lowest BCUT2D eigenvalue weighted by atomic mass is 10.2. The fourth-order valence-electron chi connectivity index (χ4n) is 3.13. The monoisotopic (exact) mass is 346 g/mol. The van der Waals surface area contributed by atoms with E-state index in [4.69, 9.17) is 0 Å². The van der Waals surface area contributed by atoms with E-state index in [9.17, 15) is 0 Å². The molecule has 2 aromatic carbocycles. The predicted octanol–water partition coefficient (Wildman–Crippen LogP) is 2.94. The lowest BCUT2D eigenvalue weighted by Gasteiger charge is -2.35. The Balaban J connectivity index is 1.36. The van der Waals surface area contributed by atoms with Gasteiger partial charge in [-0.1, -0.05) is 48.5 Å². The highest BCUT2D eigenvalue weighted by Crippen LogP contribution is 2.17. The average Bonchev–Trinajstić information content (AvgIpc) is 2.70. The minimum atomic E-state index is 0.528. The summed E-state index contributed by atoms with van der Waals surface area (Å²) in [4.78, 5) is 9.37. The Kier molecular flexibility index (Phi) is 5.02. The number of piperazine rings is 1. The fourth-order valence-corrected chi connectivity index (χ4v) is 3.13. The molecular weight excluding hydrogens is 324 g/mol. The Bertz CT molecular complexity index is 816. The molecule has 1 saturated heterocycles. The van der Waals surface area contributed by atoms with Gasteiger partial charge in [0, 0.05) is 38.4 Å². The molecule has 0 spiro atoms. The van der Waals surface area contributed by atoms with E-state index in [1.165, 1.54) is 5.56 Å². The van der Waals surface area contributed by atoms with Crippen LogP contribution in [0, 0.1) is 0 Å². The highest BCUT2D eigenvalue weighted by molar-refractivity contribution is 5.54. The van der Waals surface area contributed by atoms with Gasteiger partial charge in [0.05, 0.1) is 6.20 Å². The van der Waals surface area contributed by atoms with E-state index < -0.39 is 0 Å². The summed E-state index contributed by atoms with van der Waals surface area (Å²) in [6.45, 7) is 4.91. The summed E-state index contributed by atoms with van der Waals surface area (Å²) in [5, 5.41) is 11.4. The zero-order valence-electron chi connectivity index (χ0n) is 14.6. The highest BCUT2D eigenvalue weighted by Gasteiger charge is 2.19. The molecule has 4 rings (SSSR count). The maximum Gasteiger partial charge on any atom is 0.249 e. The molecule has 0 radical (unpaired) electrons. The zero-order chi connectivity index (χ0) is 17.6. The number of benzene rings is 2. The Hall–Kier alpha value is -2.99. The summed E-state index contributed by atoms with van der Waals surface area (Å²) in [5.74, 6) is 1.40. The summed E-state index contributed by atoms with van der Waals surface area (Å²) in [7, 11) is 0. The van der Waals surface area contributed by atoms with Gasteiger partial charge in [-0.3, -0.25) is 4.90 Å². The molecular formula is C20H22N6. The van der Waals surface area contributed by atoms with E-state index in [0.717, 1.165) is 44.2 Å². The molecule has 6 nitrogen and oxygen atoms in total. The van der Waals surface area contributed by atoms with Gasteiger partial charge in [0.1, 0.15) is 0 Å². The summed E-state index contributed by atoms with van der Waals surface area (Å²) < 4.78 is 0. The molecule has 0 unspecified atom stereocenters. The first kappa shape index (κ1) is 16.5. The topological polar surface area (TPSA) is 57.2 Å². The van der Waals surface area contributed by atoms with Crippen LogP contribution in [-0.4, -0.2) is 46.3 Å². The van der Waals surface area contributed by atoms with E-state index in [-0.39, 0.29) is 0 Å². The lowest BCUT2D eigenvalue weighted by molar-refractivity contribution is 0.249. The minimum absolute atomic E-state index is 0.528. The van der Waals surface area contributed by atoms with Crippen molar-refractivity contribution in [2.24, 2.45) is 0 Å². The summed E-state index contributed by atoms with van der Waals surface area (Å²) in [5.41, 5.74) is 2.32. The molecule has 26 heavy (non-hydrogen) atoms. The van der Waals surface area contributed by atoms with Crippen LogP contribution in [0.4, 0.5) is 17.5 Å². The van der Waals surface area contributed by atoms with E-state index in [0.29, 0.717) is 5.95 Å². The van der Waals surface area contributed by atoms with Crippen molar-refractivity contribution in [3.63, 3.8) is 0 Å². The average molecular weight is 346 g/mol. The van der Waals surface area contributed by atoms with Gasteiger partial charge in [-0.05, 0) is 17.7 Å². The second kappa shape index (κ2) is 7.93. The molecule has 0 aliphatic carbocycles. The number of nitrogens with zero attached hydrogens (tertiary/aromatic N) is 5. The van der Waals surface area contributed by atoms with Crippen molar-refractivity contribution in [1.82, 2.24) is 20.1 Å². The normalized spacial score (nSPS) is 15.0. The van der Waals surface area contributed by atoms with Crippen LogP contribution in [0.15, 0.2) is 66.9 Å². The van der Waals surface area contributed by atoms with Gasteiger partial charge >= 0.3 is 0 Å². The van der Waals surface area contributed by atoms with Crippen LogP contribution in [0.3, 0.4) is 0 Å². The van der Waals surface area contributed by atoms with Gasteiger partial charge in [-0.2, -0.15) is 10.1 Å². The summed E-state index contributed by atoms with van der Waals surface area (Å²) in [6, 6.07) is 20.5. The third-order valence-corrected chi connectivity index (χ3v) is 4.52. The Labute approximate surface area is 153 Å². The van der Waals surface area contributed by atoms with Gasteiger partial charge in [-0.15, -0.1) is 5.10 Å². The van der Waals surface area contributed by atoms with Gasteiger partial charge in [0.2, 0.25) is 5.95 Å². The Morgan fingerprint density at radius 3 is 2.27 bits per heavy atom. The van der Waals surface area contributed by atoms with Crippen molar-refractivity contribution in [2.45, 2.75) is 6.54 Å². The summed E-state index contributed by atoms with van der Waals surface area (Å²) in [6.07, 6.45) is 1.74. The molecule has 6 heteroatoms. The van der Waals surface area contributed by atoms with E-state index in [2.05, 4.69) is 60.6 Å². The minimum Gasteiger partial charge on any atom is -0.353 e. The molecule has 0 atom stereocenters. The maximum absolute atomic E-state index is 4.62. The van der Waals surface area contributed by atoms with Crippen molar-refractivity contribution < 1.29 is 0 Å². The van der Waals surface area contributed by atoms with Crippen molar-refractivity contribution >= 4 is 17.5 Å². The molecule has 2 heterocycles. The Morgan fingerprint density at radius 2 is 1.54 bits per heavy atom. The van der Waals surface area contributed by atoms with Crippen LogP contribution >= 0.6 is 0 Å². The third kappa shape index (κ3) is 4.15. The predicted molar refractivity (Wildman–Crippen MR) is 103 cm³/mol. The molecule has 1 N–H and O–H groups in total. The first-order valence-electron chi connectivity index (χ1n) is 8.90. The fraction of sp³-hybridized carbons (Fsp3) is 0.250. The molecule has 1 aliphatic heterocycles. The quantitative estimate of drug-likeness (QED) is 0.767. The number of para-hydroxylation sites is 1. The molecule has 1 aromatic heterocycles. The van der Waals surface area contributed by atoms with Crippen molar-refractivity contribution in [3.8, 4) is 0 Å². The van der Waals surface area contributed by atoms with Crippen LogP contribution in [0.2, 0.25) is 0 Å². The number of hydrogen-bond donors (Lipinski definition) is 1. The molecule has 1 aliphatic rings. The van der Waals surface area contributed by atoms with Gasteiger partial charge in [0.15, 0.2) is 5.82 Å². The molecule has 0 amide bonds. The molecule has 132 valence electrons. The SMILES string of the molecule is c1ccc(CN2CCN(c3cnnc(Nc4ccccc4)n3)CC2)cc1. The number of aromatic nitrogens is 3. The van der Waals surface area contributed by atoms with Crippen LogP contribution in [0.25, 0.3) is 0 Å². The van der Waals surface area contributed by atoms with Gasteiger partial charge in [-0.25, -0.2) is 0 Å². The van der Waals surface area contributed by atoms with Crippen LogP contribution in [0.1, 0.15) is 5.56 Å². The second-order valence-electron chi connectivity index (χ2n) is 6.38. The zero-order valence-corrected chi connectivity index (χ0v) is 14.6. The first-order chi connectivity index (χ1) is 12.9. The van der Waals surface area contributed by atoms with Crippen LogP contribution < -0.4 is 10.2 Å². The van der Waals surface area contributed by atoms with Crippen molar-refractivity contribution in [1.29, 1.82) is 0 Å². The maximum atomic E-state index is 4.62. The van der Waals surface area contributed by atoms with Crippen LogP contribution in [-0.2, 0) is 6.54 Å². The second-order valence-corrected chi connectivity index (χ2v) is 6.38. The van der Waals surface area contributed by atoms with Crippen molar-refractivity contribution in [3.05, 3.63) is 72.4 Å². The first-order valence-corrected chi connectivity index (χ1v) is 8.90. The number of anilines is 3. The van der Waals surface area contributed by atoms with Crippen molar-refractivity contribution in [2.75, 3.05) is 36.4 Å².